The summed E-state index contributed by atoms with van der Waals surface area (Å²) in [6.07, 6.45) is -2.55. The number of fused-ring (bicyclic) bond motifs is 1. The zero-order valence-electron chi connectivity index (χ0n) is 13.5. The normalized spacial score (nSPS) is 12.2. The lowest BCUT2D eigenvalue weighted by atomic mass is 10.1. The highest BCUT2D eigenvalue weighted by Gasteiger charge is 2.31. The third-order valence-electron chi connectivity index (χ3n) is 3.83. The fraction of sp³-hybridized carbons (Fsp3) is 0.111. The average Bonchev–Trinajstić information content (AvgIpc) is 2.92. The molecule has 1 N–H and O–H groups in total. The maximum atomic E-state index is 13.0. The van der Waals surface area contributed by atoms with Gasteiger partial charge in [-0.25, -0.2) is 4.79 Å². The van der Waals surface area contributed by atoms with Crippen LogP contribution in [0.25, 0.3) is 17.0 Å². The molecule has 9 heteroatoms. The standard InChI is InChI=1S/C18H11Cl2F3N2O2/c19-12-3-1-10(14(20)8-12)9-25-16-5-2-11(18(21,22)23)7-13(16)15(24-25)4-6-17(26)27/h1-8H,9H2,(H,26,27). The number of carboxylic acid groups (broad SMARTS) is 1. The Bertz CT molecular complexity index is 1060. The number of benzene rings is 2. The number of rotatable bonds is 4. The van der Waals surface area contributed by atoms with E-state index >= 15 is 0 Å². The predicted molar refractivity (Wildman–Crippen MR) is 97.0 cm³/mol. The van der Waals surface area contributed by atoms with Gasteiger partial charge >= 0.3 is 12.1 Å². The summed E-state index contributed by atoms with van der Waals surface area (Å²) < 4.78 is 40.6. The molecule has 0 radical (unpaired) electrons. The Morgan fingerprint density at radius 1 is 1.19 bits per heavy atom. The van der Waals surface area contributed by atoms with E-state index in [-0.39, 0.29) is 17.6 Å². The maximum Gasteiger partial charge on any atom is 0.416 e. The number of carbonyl (C=O) groups is 1. The SMILES string of the molecule is O=C(O)C=Cc1nn(Cc2ccc(Cl)cc2Cl)c2ccc(C(F)(F)F)cc12. The van der Waals surface area contributed by atoms with Crippen LogP contribution in [-0.2, 0) is 17.5 Å². The van der Waals surface area contributed by atoms with Crippen LogP contribution in [0.2, 0.25) is 10.0 Å². The molecule has 0 unspecified atom stereocenters. The van der Waals surface area contributed by atoms with Gasteiger partial charge < -0.3 is 5.11 Å². The number of halogens is 5. The second kappa shape index (κ2) is 7.25. The van der Waals surface area contributed by atoms with Crippen molar-refractivity contribution in [3.05, 3.63) is 69.3 Å². The van der Waals surface area contributed by atoms with Gasteiger partial charge in [0.25, 0.3) is 0 Å². The van der Waals surface area contributed by atoms with Crippen LogP contribution in [-0.4, -0.2) is 20.9 Å². The van der Waals surface area contributed by atoms with E-state index in [1.54, 1.807) is 18.2 Å². The highest BCUT2D eigenvalue weighted by atomic mass is 35.5. The summed E-state index contributed by atoms with van der Waals surface area (Å²) in [5.74, 6) is -1.23. The Hall–Kier alpha value is -2.51. The van der Waals surface area contributed by atoms with E-state index in [1.807, 2.05) is 0 Å². The summed E-state index contributed by atoms with van der Waals surface area (Å²) in [6.45, 7) is 0.179. The van der Waals surface area contributed by atoms with Crippen molar-refractivity contribution in [1.29, 1.82) is 0 Å². The Morgan fingerprint density at radius 3 is 2.56 bits per heavy atom. The molecule has 0 aliphatic carbocycles. The highest BCUT2D eigenvalue weighted by Crippen LogP contribution is 2.33. The van der Waals surface area contributed by atoms with Gasteiger partial charge in [-0.2, -0.15) is 18.3 Å². The number of aliphatic carboxylic acids is 1. The number of alkyl halides is 3. The van der Waals surface area contributed by atoms with Crippen LogP contribution in [0.4, 0.5) is 13.2 Å². The molecule has 27 heavy (non-hydrogen) atoms. The van der Waals surface area contributed by atoms with Crippen LogP contribution >= 0.6 is 23.2 Å². The van der Waals surface area contributed by atoms with E-state index < -0.39 is 17.7 Å². The van der Waals surface area contributed by atoms with Crippen molar-refractivity contribution in [3.8, 4) is 0 Å². The van der Waals surface area contributed by atoms with Crippen molar-refractivity contribution in [2.24, 2.45) is 0 Å². The second-order valence-corrected chi connectivity index (χ2v) is 6.52. The van der Waals surface area contributed by atoms with Crippen molar-refractivity contribution < 1.29 is 23.1 Å². The Morgan fingerprint density at radius 2 is 1.93 bits per heavy atom. The molecule has 0 saturated heterocycles. The second-order valence-electron chi connectivity index (χ2n) is 5.68. The number of aromatic nitrogens is 2. The minimum Gasteiger partial charge on any atom is -0.478 e. The zero-order valence-corrected chi connectivity index (χ0v) is 15.0. The quantitative estimate of drug-likeness (QED) is 0.572. The number of nitrogens with zero attached hydrogens (tertiary/aromatic N) is 2. The monoisotopic (exact) mass is 414 g/mol. The summed E-state index contributed by atoms with van der Waals surface area (Å²) in [7, 11) is 0. The molecule has 3 aromatic rings. The van der Waals surface area contributed by atoms with Gasteiger partial charge in [-0.05, 0) is 42.0 Å². The van der Waals surface area contributed by atoms with Gasteiger partial charge in [0.05, 0.1) is 23.3 Å². The van der Waals surface area contributed by atoms with Crippen LogP contribution < -0.4 is 0 Å². The van der Waals surface area contributed by atoms with Crippen LogP contribution in [0.1, 0.15) is 16.8 Å². The fourth-order valence-electron chi connectivity index (χ4n) is 2.59. The van der Waals surface area contributed by atoms with Crippen LogP contribution in [0.3, 0.4) is 0 Å². The average molecular weight is 415 g/mol. The first-order valence-electron chi connectivity index (χ1n) is 7.58. The first kappa shape index (κ1) is 19.3. The molecule has 0 amide bonds. The van der Waals surface area contributed by atoms with Crippen LogP contribution in [0, 0.1) is 0 Å². The molecular formula is C18H11Cl2F3N2O2. The zero-order chi connectivity index (χ0) is 19.8. The lowest BCUT2D eigenvalue weighted by Crippen LogP contribution is -2.05. The topological polar surface area (TPSA) is 55.1 Å². The van der Waals surface area contributed by atoms with Crippen LogP contribution in [0.15, 0.2) is 42.5 Å². The van der Waals surface area contributed by atoms with Gasteiger partial charge in [0.2, 0.25) is 0 Å². The first-order chi connectivity index (χ1) is 12.6. The van der Waals surface area contributed by atoms with Gasteiger partial charge in [0.15, 0.2) is 0 Å². The van der Waals surface area contributed by atoms with E-state index in [9.17, 15) is 18.0 Å². The number of hydrogen-bond acceptors (Lipinski definition) is 2. The molecule has 1 aromatic heterocycles. The van der Waals surface area contributed by atoms with Gasteiger partial charge in [-0.15, -0.1) is 0 Å². The Balaban J connectivity index is 2.13. The molecule has 0 fully saturated rings. The van der Waals surface area contributed by atoms with E-state index in [4.69, 9.17) is 28.3 Å². The third kappa shape index (κ3) is 4.26. The summed E-state index contributed by atoms with van der Waals surface area (Å²) in [5.41, 5.74) is 0.353. The lowest BCUT2D eigenvalue weighted by molar-refractivity contribution is -0.137. The number of carboxylic acids is 1. The molecule has 0 atom stereocenters. The Kier molecular flexibility index (Phi) is 5.17. The van der Waals surface area contributed by atoms with E-state index in [1.165, 1.54) is 10.7 Å². The van der Waals surface area contributed by atoms with E-state index in [0.29, 0.717) is 21.1 Å². The van der Waals surface area contributed by atoms with E-state index in [2.05, 4.69) is 5.10 Å². The molecular weight excluding hydrogens is 404 g/mol. The van der Waals surface area contributed by atoms with Gasteiger partial charge in [0, 0.05) is 21.5 Å². The predicted octanol–water partition coefficient (Wildman–Crippen LogP) is 5.51. The molecule has 4 nitrogen and oxygen atoms in total. The number of hydrogen-bond donors (Lipinski definition) is 1. The van der Waals surface area contributed by atoms with E-state index in [0.717, 1.165) is 24.3 Å². The molecule has 2 aromatic carbocycles. The van der Waals surface area contributed by atoms with Crippen LogP contribution in [0.5, 0.6) is 0 Å². The van der Waals surface area contributed by atoms with Crippen molar-refractivity contribution in [1.82, 2.24) is 9.78 Å². The summed E-state index contributed by atoms with van der Waals surface area (Å²) in [6, 6.07) is 8.08. The summed E-state index contributed by atoms with van der Waals surface area (Å²) >= 11 is 12.0. The molecule has 1 heterocycles. The van der Waals surface area contributed by atoms with Crippen molar-refractivity contribution in [2.75, 3.05) is 0 Å². The highest BCUT2D eigenvalue weighted by molar-refractivity contribution is 6.35. The van der Waals surface area contributed by atoms with Crippen molar-refractivity contribution in [3.63, 3.8) is 0 Å². The van der Waals surface area contributed by atoms with Crippen molar-refractivity contribution in [2.45, 2.75) is 12.7 Å². The maximum absolute atomic E-state index is 13.0. The molecule has 0 aliphatic heterocycles. The summed E-state index contributed by atoms with van der Waals surface area (Å²) in [4.78, 5) is 10.8. The Labute approximate surface area is 161 Å². The smallest absolute Gasteiger partial charge is 0.416 e. The van der Waals surface area contributed by atoms with Crippen molar-refractivity contribution >= 4 is 46.2 Å². The molecule has 0 bridgehead atoms. The van der Waals surface area contributed by atoms with Gasteiger partial charge in [-0.1, -0.05) is 29.3 Å². The third-order valence-corrected chi connectivity index (χ3v) is 4.41. The molecule has 0 spiro atoms. The fourth-order valence-corrected chi connectivity index (χ4v) is 3.05. The largest absolute Gasteiger partial charge is 0.478 e. The van der Waals surface area contributed by atoms with Gasteiger partial charge in [0.1, 0.15) is 0 Å². The minimum atomic E-state index is -4.52. The lowest BCUT2D eigenvalue weighted by Gasteiger charge is -2.08. The molecule has 140 valence electrons. The molecule has 3 rings (SSSR count). The molecule has 0 aliphatic rings. The van der Waals surface area contributed by atoms with Gasteiger partial charge in [-0.3, -0.25) is 4.68 Å². The molecule has 0 saturated carbocycles. The summed E-state index contributed by atoms with van der Waals surface area (Å²) in [5, 5.41) is 14.1. The minimum absolute atomic E-state index is 0.114. The first-order valence-corrected chi connectivity index (χ1v) is 8.33.